The lowest BCUT2D eigenvalue weighted by molar-refractivity contribution is 0.0692. The van der Waals surface area contributed by atoms with Gasteiger partial charge in [0.25, 0.3) is 0 Å². The minimum atomic E-state index is -1.28. The number of carboxylic acid groups (broad SMARTS) is 1. The van der Waals surface area contributed by atoms with Crippen molar-refractivity contribution in [3.8, 4) is 5.75 Å². The highest BCUT2D eigenvalue weighted by molar-refractivity contribution is 7.99. The van der Waals surface area contributed by atoms with Crippen LogP contribution in [-0.4, -0.2) is 23.4 Å². The molecule has 0 radical (unpaired) electrons. The molecular formula is C15H13FO3S. The predicted molar refractivity (Wildman–Crippen MR) is 76.0 cm³/mol. The van der Waals surface area contributed by atoms with Crippen LogP contribution in [0.3, 0.4) is 0 Å². The van der Waals surface area contributed by atoms with Crippen LogP contribution in [0.4, 0.5) is 4.39 Å². The van der Waals surface area contributed by atoms with Crippen molar-refractivity contribution in [3.63, 3.8) is 0 Å². The fourth-order valence-electron chi connectivity index (χ4n) is 1.59. The van der Waals surface area contributed by atoms with Crippen LogP contribution in [0.2, 0.25) is 0 Å². The molecular weight excluding hydrogens is 279 g/mol. The van der Waals surface area contributed by atoms with Gasteiger partial charge in [-0.3, -0.25) is 0 Å². The number of aromatic carboxylic acids is 1. The van der Waals surface area contributed by atoms with Crippen molar-refractivity contribution in [2.45, 2.75) is 4.90 Å². The second-order valence-electron chi connectivity index (χ2n) is 3.96. The minimum Gasteiger partial charge on any atom is -0.493 e. The number of hydrogen-bond donors (Lipinski definition) is 1. The van der Waals surface area contributed by atoms with E-state index < -0.39 is 11.8 Å². The van der Waals surface area contributed by atoms with Gasteiger partial charge in [-0.15, -0.1) is 11.8 Å². The van der Waals surface area contributed by atoms with Gasteiger partial charge in [-0.25, -0.2) is 9.18 Å². The van der Waals surface area contributed by atoms with Crippen molar-refractivity contribution < 1.29 is 19.0 Å². The highest BCUT2D eigenvalue weighted by Crippen LogP contribution is 2.19. The highest BCUT2D eigenvalue weighted by atomic mass is 32.2. The molecule has 0 atom stereocenters. The van der Waals surface area contributed by atoms with Crippen molar-refractivity contribution in [3.05, 3.63) is 59.9 Å². The summed E-state index contributed by atoms with van der Waals surface area (Å²) in [5.74, 6) is -1.01. The third-order valence-corrected chi connectivity index (χ3v) is 3.51. The van der Waals surface area contributed by atoms with Gasteiger partial charge in [0.1, 0.15) is 11.6 Å². The van der Waals surface area contributed by atoms with E-state index in [1.54, 1.807) is 11.8 Å². The van der Waals surface area contributed by atoms with Gasteiger partial charge in [0.05, 0.1) is 12.2 Å². The average molecular weight is 292 g/mol. The molecule has 0 amide bonds. The molecule has 0 unspecified atom stereocenters. The van der Waals surface area contributed by atoms with Crippen LogP contribution in [-0.2, 0) is 0 Å². The Morgan fingerprint density at radius 1 is 1.20 bits per heavy atom. The highest BCUT2D eigenvalue weighted by Gasteiger charge is 2.10. The summed E-state index contributed by atoms with van der Waals surface area (Å²) in [6.45, 7) is 0.422. The minimum absolute atomic E-state index is 0.334. The smallest absolute Gasteiger partial charge is 0.338 e. The Kier molecular flexibility index (Phi) is 5.01. The van der Waals surface area contributed by atoms with Crippen molar-refractivity contribution in [2.75, 3.05) is 12.4 Å². The van der Waals surface area contributed by atoms with Crippen molar-refractivity contribution in [2.24, 2.45) is 0 Å². The maximum atomic E-state index is 13.4. The van der Waals surface area contributed by atoms with Crippen LogP contribution in [0.25, 0.3) is 0 Å². The zero-order chi connectivity index (χ0) is 14.4. The molecule has 1 N–H and O–H groups in total. The zero-order valence-corrected chi connectivity index (χ0v) is 11.4. The van der Waals surface area contributed by atoms with Gasteiger partial charge in [-0.2, -0.15) is 0 Å². The number of carboxylic acids is 1. The first-order valence-corrected chi connectivity index (χ1v) is 6.99. The van der Waals surface area contributed by atoms with E-state index in [2.05, 4.69) is 0 Å². The SMILES string of the molecule is O=C(O)c1ccc(OCCSc2ccccc2)cc1F. The molecule has 2 aromatic rings. The molecule has 0 saturated heterocycles. The van der Waals surface area contributed by atoms with Crippen molar-refractivity contribution >= 4 is 17.7 Å². The Morgan fingerprint density at radius 3 is 2.60 bits per heavy atom. The molecule has 0 spiro atoms. The molecule has 5 heteroatoms. The average Bonchev–Trinajstić information content (AvgIpc) is 2.44. The molecule has 2 aromatic carbocycles. The fraction of sp³-hybridized carbons (Fsp3) is 0.133. The van der Waals surface area contributed by atoms with Crippen LogP contribution >= 0.6 is 11.8 Å². The Bertz CT molecular complexity index is 587. The molecule has 0 heterocycles. The van der Waals surface area contributed by atoms with Gasteiger partial charge in [0.15, 0.2) is 0 Å². The van der Waals surface area contributed by atoms with E-state index >= 15 is 0 Å². The fourth-order valence-corrected chi connectivity index (χ4v) is 2.35. The maximum absolute atomic E-state index is 13.4. The van der Waals surface area contributed by atoms with E-state index in [1.807, 2.05) is 30.3 Å². The molecule has 0 fully saturated rings. The summed E-state index contributed by atoms with van der Waals surface area (Å²) in [5.41, 5.74) is -0.351. The van der Waals surface area contributed by atoms with Gasteiger partial charge < -0.3 is 9.84 Å². The first-order chi connectivity index (χ1) is 9.66. The van der Waals surface area contributed by atoms with E-state index in [-0.39, 0.29) is 5.56 Å². The van der Waals surface area contributed by atoms with Crippen LogP contribution in [0.1, 0.15) is 10.4 Å². The van der Waals surface area contributed by atoms with Gasteiger partial charge in [0.2, 0.25) is 0 Å². The number of thioether (sulfide) groups is 1. The molecule has 104 valence electrons. The van der Waals surface area contributed by atoms with E-state index in [0.29, 0.717) is 12.4 Å². The third-order valence-electron chi connectivity index (χ3n) is 2.53. The van der Waals surface area contributed by atoms with Crippen molar-refractivity contribution in [1.82, 2.24) is 0 Å². The van der Waals surface area contributed by atoms with Gasteiger partial charge in [-0.05, 0) is 24.3 Å². The monoisotopic (exact) mass is 292 g/mol. The Morgan fingerprint density at radius 2 is 1.95 bits per heavy atom. The third kappa shape index (κ3) is 3.99. The van der Waals surface area contributed by atoms with Crippen LogP contribution < -0.4 is 4.74 Å². The summed E-state index contributed by atoms with van der Waals surface area (Å²) in [6.07, 6.45) is 0. The molecule has 0 bridgehead atoms. The molecule has 0 aliphatic heterocycles. The topological polar surface area (TPSA) is 46.5 Å². The first kappa shape index (κ1) is 14.4. The second kappa shape index (κ2) is 6.96. The molecule has 0 saturated carbocycles. The predicted octanol–water partition coefficient (Wildman–Crippen LogP) is 3.70. The lowest BCUT2D eigenvalue weighted by Crippen LogP contribution is -2.03. The van der Waals surface area contributed by atoms with Crippen LogP contribution in [0.5, 0.6) is 5.75 Å². The Balaban J connectivity index is 1.83. The Labute approximate surface area is 120 Å². The number of rotatable bonds is 6. The molecule has 3 nitrogen and oxygen atoms in total. The number of benzene rings is 2. The van der Waals surface area contributed by atoms with Gasteiger partial charge in [0, 0.05) is 16.7 Å². The number of hydrogen-bond acceptors (Lipinski definition) is 3. The molecule has 0 aromatic heterocycles. The summed E-state index contributed by atoms with van der Waals surface area (Å²) in [4.78, 5) is 11.8. The van der Waals surface area contributed by atoms with Crippen LogP contribution in [0, 0.1) is 5.82 Å². The lowest BCUT2D eigenvalue weighted by Gasteiger charge is -2.07. The summed E-state index contributed by atoms with van der Waals surface area (Å²) >= 11 is 1.64. The summed E-state index contributed by atoms with van der Waals surface area (Å²) < 4.78 is 18.8. The number of ether oxygens (including phenoxy) is 1. The summed E-state index contributed by atoms with van der Waals surface area (Å²) in [6, 6.07) is 13.6. The van der Waals surface area contributed by atoms with Gasteiger partial charge in [-0.1, -0.05) is 18.2 Å². The largest absolute Gasteiger partial charge is 0.493 e. The molecule has 0 aliphatic rings. The normalized spacial score (nSPS) is 10.2. The second-order valence-corrected chi connectivity index (χ2v) is 5.13. The number of carbonyl (C=O) groups is 1. The van der Waals surface area contributed by atoms with E-state index in [4.69, 9.17) is 9.84 Å². The zero-order valence-electron chi connectivity index (χ0n) is 10.6. The number of halogens is 1. The first-order valence-electron chi connectivity index (χ1n) is 6.00. The molecule has 2 rings (SSSR count). The van der Waals surface area contributed by atoms with E-state index in [9.17, 15) is 9.18 Å². The molecule has 20 heavy (non-hydrogen) atoms. The lowest BCUT2D eigenvalue weighted by atomic mass is 10.2. The maximum Gasteiger partial charge on any atom is 0.338 e. The summed E-state index contributed by atoms with van der Waals surface area (Å²) in [7, 11) is 0. The molecule has 0 aliphatic carbocycles. The van der Waals surface area contributed by atoms with E-state index in [1.165, 1.54) is 12.1 Å². The van der Waals surface area contributed by atoms with Gasteiger partial charge >= 0.3 is 5.97 Å². The standard InChI is InChI=1S/C15H13FO3S/c16-14-10-11(6-7-13(14)15(17)18)19-8-9-20-12-4-2-1-3-5-12/h1-7,10H,8-9H2,(H,17,18). The quantitative estimate of drug-likeness (QED) is 0.651. The van der Waals surface area contributed by atoms with Crippen LogP contribution in [0.15, 0.2) is 53.4 Å². The van der Waals surface area contributed by atoms with E-state index in [0.717, 1.165) is 16.7 Å². The van der Waals surface area contributed by atoms with Crippen molar-refractivity contribution in [1.29, 1.82) is 0 Å². The Hall–Kier alpha value is -2.01. The summed E-state index contributed by atoms with van der Waals surface area (Å²) in [5, 5.41) is 8.71.